The number of unbranched alkanes of at least 4 members (excludes halogenated alkanes) is 1. The van der Waals surface area contributed by atoms with Crippen LogP contribution in [0.3, 0.4) is 0 Å². The highest BCUT2D eigenvalue weighted by Crippen LogP contribution is 2.59. The number of amides is 3. The minimum Gasteiger partial charge on any atom is -0.355 e. The number of likely N-dealkylation sites (tertiary alicyclic amines) is 1. The van der Waals surface area contributed by atoms with Crippen molar-refractivity contribution in [2.24, 2.45) is 5.41 Å². The van der Waals surface area contributed by atoms with Crippen LogP contribution in [0.25, 0.3) is 17.0 Å². The smallest absolute Gasteiger partial charge is 0.248 e. The quantitative estimate of drug-likeness (QED) is 0.128. The van der Waals surface area contributed by atoms with Crippen molar-refractivity contribution in [1.82, 2.24) is 25.0 Å². The lowest BCUT2D eigenvalue weighted by Gasteiger charge is -2.27. The number of nitrogens with one attached hydrogen (secondary N) is 2. The molecule has 10 nitrogen and oxygen atoms in total. The van der Waals surface area contributed by atoms with Crippen molar-refractivity contribution in [3.63, 3.8) is 0 Å². The lowest BCUT2D eigenvalue weighted by atomic mass is 9.98. The first-order chi connectivity index (χ1) is 22.9. The van der Waals surface area contributed by atoms with Gasteiger partial charge in [0.2, 0.25) is 17.7 Å². The molecule has 1 aliphatic carbocycles. The summed E-state index contributed by atoms with van der Waals surface area (Å²) in [6.45, 7) is 17.1. The number of pyridine rings is 1. The molecule has 48 heavy (non-hydrogen) atoms. The predicted octanol–water partition coefficient (Wildman–Crippen LogP) is 5.87. The molecule has 0 bridgehead atoms. The summed E-state index contributed by atoms with van der Waals surface area (Å²) in [4.78, 5) is 59.9. The second-order valence-corrected chi connectivity index (χ2v) is 13.5. The number of carbonyl (C=O) groups excluding carboxylic acids is 4. The number of carbonyl (C=O) groups is 4. The number of rotatable bonds is 14. The van der Waals surface area contributed by atoms with Gasteiger partial charge in [-0.25, -0.2) is 4.98 Å². The van der Waals surface area contributed by atoms with Crippen molar-refractivity contribution in [3.05, 3.63) is 83.2 Å². The first kappa shape index (κ1) is 34.5. The van der Waals surface area contributed by atoms with Crippen LogP contribution in [0.2, 0.25) is 0 Å². The van der Waals surface area contributed by atoms with E-state index in [2.05, 4.69) is 33.9 Å². The number of ketones is 1. The molecule has 0 radical (unpaired) electrons. The fourth-order valence-corrected chi connectivity index (χ4v) is 6.93. The van der Waals surface area contributed by atoms with Gasteiger partial charge in [0.05, 0.1) is 5.52 Å². The molecule has 1 aromatic carbocycles. The second-order valence-electron chi connectivity index (χ2n) is 13.5. The number of anilines is 1. The van der Waals surface area contributed by atoms with Crippen LogP contribution in [0.15, 0.2) is 55.1 Å². The van der Waals surface area contributed by atoms with E-state index in [1.807, 2.05) is 58.0 Å². The number of aryl methyl sites for hydroxylation is 2. The van der Waals surface area contributed by atoms with Crippen LogP contribution >= 0.6 is 0 Å². The van der Waals surface area contributed by atoms with Crippen molar-refractivity contribution in [1.29, 1.82) is 0 Å². The van der Waals surface area contributed by atoms with Gasteiger partial charge in [-0.2, -0.15) is 5.10 Å². The fourth-order valence-electron chi connectivity index (χ4n) is 6.93. The van der Waals surface area contributed by atoms with Gasteiger partial charge in [0, 0.05) is 42.4 Å². The third-order valence-electron chi connectivity index (χ3n) is 9.32. The molecule has 3 heterocycles. The number of nitrogens with zero attached hydrogens (tertiary/aromatic N) is 4. The van der Waals surface area contributed by atoms with Crippen LogP contribution in [0.4, 0.5) is 5.82 Å². The largest absolute Gasteiger partial charge is 0.355 e. The molecule has 3 aromatic rings. The Labute approximate surface area is 282 Å². The van der Waals surface area contributed by atoms with E-state index in [4.69, 9.17) is 0 Å². The fraction of sp³-hybridized carbons (Fsp3) is 0.421. The molecule has 5 rings (SSSR count). The molecule has 10 heteroatoms. The van der Waals surface area contributed by atoms with Crippen molar-refractivity contribution < 1.29 is 19.2 Å². The first-order valence-corrected chi connectivity index (χ1v) is 16.6. The zero-order valence-electron chi connectivity index (χ0n) is 28.7. The minimum atomic E-state index is -0.762. The highest BCUT2D eigenvalue weighted by molar-refractivity contribution is 6.06. The summed E-state index contributed by atoms with van der Waals surface area (Å²) in [7, 11) is 0. The predicted molar refractivity (Wildman–Crippen MR) is 188 cm³/mol. The van der Waals surface area contributed by atoms with E-state index < -0.39 is 11.5 Å². The Kier molecular flexibility index (Phi) is 10.1. The summed E-state index contributed by atoms with van der Waals surface area (Å²) in [6.07, 6.45) is 9.12. The van der Waals surface area contributed by atoms with Crippen LogP contribution in [-0.4, -0.2) is 61.8 Å². The average Bonchev–Trinajstić information content (AvgIpc) is 3.43. The number of benzene rings is 1. The normalized spacial score (nSPS) is 19.4. The Balaban J connectivity index is 1.47. The Bertz CT molecular complexity index is 1830. The van der Waals surface area contributed by atoms with Crippen LogP contribution in [0, 0.1) is 19.3 Å². The van der Waals surface area contributed by atoms with Crippen LogP contribution in [0.5, 0.6) is 0 Å². The number of allylic oxidation sites excluding steroid dienone is 3. The van der Waals surface area contributed by atoms with E-state index in [1.54, 1.807) is 21.7 Å². The van der Waals surface area contributed by atoms with Gasteiger partial charge in [-0.3, -0.25) is 23.9 Å². The summed E-state index contributed by atoms with van der Waals surface area (Å²) in [6, 6.07) is 6.78. The average molecular weight is 651 g/mol. The number of hydrogen-bond donors (Lipinski definition) is 2. The van der Waals surface area contributed by atoms with Crippen molar-refractivity contribution in [2.75, 3.05) is 11.9 Å². The lowest BCUT2D eigenvalue weighted by Crippen LogP contribution is -2.47. The molecule has 1 saturated heterocycles. The van der Waals surface area contributed by atoms with Crippen molar-refractivity contribution >= 4 is 46.3 Å². The van der Waals surface area contributed by atoms with E-state index >= 15 is 0 Å². The standard InChI is InChI=1S/C38H46N6O4/c1-8-10-11-13-32(46)39-22-38-19-30(37(48)41-36-24(5)14-15-25(6)40-36)44(31(38)20-38)33(47)21-43-35-28(12-9-2)17-27(16-23(3)4)18-29(35)34(42-43)26(7)45/h8-9,14-18,30-31H,1-2,10-13,19-22H2,3-7H3,(H,39,46)(H,40,41,48)/t30-,31+,38-/m0/s1. The third-order valence-corrected chi connectivity index (χ3v) is 9.32. The van der Waals surface area contributed by atoms with Crippen LogP contribution in [0.1, 0.15) is 85.7 Å². The van der Waals surface area contributed by atoms with E-state index in [0.717, 1.165) is 34.4 Å². The maximum atomic E-state index is 14.4. The summed E-state index contributed by atoms with van der Waals surface area (Å²) in [5.74, 6) is -0.383. The molecule has 0 spiro atoms. The lowest BCUT2D eigenvalue weighted by molar-refractivity contribution is -0.138. The number of aromatic nitrogens is 3. The molecule has 1 aliphatic heterocycles. The zero-order valence-corrected chi connectivity index (χ0v) is 28.7. The van der Waals surface area contributed by atoms with E-state index in [-0.39, 0.29) is 36.1 Å². The maximum absolute atomic E-state index is 14.4. The van der Waals surface area contributed by atoms with Crippen molar-refractivity contribution in [3.8, 4) is 0 Å². The molecule has 3 amide bonds. The van der Waals surface area contributed by atoms with Gasteiger partial charge < -0.3 is 15.5 Å². The van der Waals surface area contributed by atoms with Gasteiger partial charge >= 0.3 is 0 Å². The molecule has 2 fully saturated rings. The molecular weight excluding hydrogens is 604 g/mol. The van der Waals surface area contributed by atoms with Gasteiger partial charge in [0.25, 0.3) is 0 Å². The van der Waals surface area contributed by atoms with Gasteiger partial charge in [-0.1, -0.05) is 29.9 Å². The molecule has 0 unspecified atom stereocenters. The van der Waals surface area contributed by atoms with Crippen LogP contribution < -0.4 is 10.6 Å². The molecule has 2 aromatic heterocycles. The second kappa shape index (κ2) is 14.1. The molecule has 3 atom stereocenters. The summed E-state index contributed by atoms with van der Waals surface area (Å²) in [5, 5.41) is 11.4. The number of Topliss-reactive ketones (excluding diaryl/α,β-unsaturated/α-hetero) is 1. The molecule has 1 saturated carbocycles. The summed E-state index contributed by atoms with van der Waals surface area (Å²) in [5.41, 5.74) is 5.14. The summed E-state index contributed by atoms with van der Waals surface area (Å²) < 4.78 is 1.60. The molecule has 2 N–H and O–H groups in total. The highest BCUT2D eigenvalue weighted by atomic mass is 16.2. The number of piperidine rings is 1. The van der Waals surface area contributed by atoms with Crippen molar-refractivity contribution in [2.45, 2.75) is 91.8 Å². The van der Waals surface area contributed by atoms with Gasteiger partial charge in [0.15, 0.2) is 5.78 Å². The Morgan fingerprint density at radius 2 is 1.83 bits per heavy atom. The Morgan fingerprint density at radius 1 is 1.06 bits per heavy atom. The van der Waals surface area contributed by atoms with Crippen LogP contribution in [-0.2, 0) is 27.3 Å². The molecular formula is C38H46N6O4. The number of fused-ring (bicyclic) bond motifs is 2. The topological polar surface area (TPSA) is 126 Å². The van der Waals surface area contributed by atoms with Gasteiger partial charge in [0.1, 0.15) is 24.1 Å². The van der Waals surface area contributed by atoms with Gasteiger partial charge in [-0.05, 0) is 94.7 Å². The van der Waals surface area contributed by atoms with Gasteiger partial charge in [-0.15, -0.1) is 13.2 Å². The monoisotopic (exact) mass is 650 g/mol. The van der Waals surface area contributed by atoms with E-state index in [1.165, 1.54) is 6.92 Å². The zero-order chi connectivity index (χ0) is 34.7. The molecule has 252 valence electrons. The van der Waals surface area contributed by atoms with E-state index in [0.29, 0.717) is 61.1 Å². The Hall–Kier alpha value is -4.86. The number of hydrogen-bond acceptors (Lipinski definition) is 6. The SMILES string of the molecule is C=CCCCC(=O)NC[C@@]12C[C@@H](C(=O)Nc3nc(C)ccc3C)N(C(=O)Cn3nc(C(C)=O)c4cc(C=C(C)C)cc(CC=C)c43)[C@@H]1C2. The molecule has 2 aliphatic rings. The summed E-state index contributed by atoms with van der Waals surface area (Å²) >= 11 is 0. The Morgan fingerprint density at radius 3 is 2.52 bits per heavy atom. The highest BCUT2D eigenvalue weighted by Gasteiger charge is 2.67. The maximum Gasteiger partial charge on any atom is 0.248 e. The first-order valence-electron chi connectivity index (χ1n) is 16.6. The van der Waals surface area contributed by atoms with E-state index in [9.17, 15) is 19.2 Å². The minimum absolute atomic E-state index is 0.0516. The third kappa shape index (κ3) is 7.17.